The second-order valence-electron chi connectivity index (χ2n) is 3.82. The van der Waals surface area contributed by atoms with E-state index in [0.717, 1.165) is 0 Å². The van der Waals surface area contributed by atoms with E-state index < -0.39 is 65.7 Å². The van der Waals surface area contributed by atoms with Crippen LogP contribution in [0.25, 0.3) is 0 Å². The Kier molecular flexibility index (Phi) is 6.94. The van der Waals surface area contributed by atoms with Crippen LogP contribution < -0.4 is 0 Å². The number of nitro groups is 6. The molecule has 146 valence electrons. The fourth-order valence-corrected chi connectivity index (χ4v) is 1.58. The molecule has 0 aliphatic rings. The Labute approximate surface area is 140 Å². The van der Waals surface area contributed by atoms with Crippen molar-refractivity contribution in [3.8, 4) is 0 Å². The number of hydrogen-bond acceptors (Lipinski definition) is 15. The fraction of sp³-hybridized carbons (Fsp3) is 1.00. The van der Waals surface area contributed by atoms with Gasteiger partial charge in [-0.1, -0.05) is 0 Å². The van der Waals surface area contributed by atoms with Crippen molar-refractivity contribution in [3.63, 3.8) is 0 Å². The summed E-state index contributed by atoms with van der Waals surface area (Å²) in [4.78, 5) is 51.0. The number of hydrogen-bond donors (Lipinski definition) is 0. The van der Waals surface area contributed by atoms with Crippen LogP contribution in [0.1, 0.15) is 0 Å². The number of rotatable bonds is 12. The van der Waals surface area contributed by atoms with Crippen LogP contribution in [0.4, 0.5) is 0 Å². The first-order chi connectivity index (χ1) is 11.8. The van der Waals surface area contributed by atoms with Gasteiger partial charge < -0.3 is 0 Å². The summed E-state index contributed by atoms with van der Waals surface area (Å²) >= 11 is -3.54. The lowest BCUT2D eigenvalue weighted by Gasteiger charge is -2.10. The van der Waals surface area contributed by atoms with E-state index in [1.54, 1.807) is 0 Å². The molecule has 0 spiro atoms. The lowest BCUT2D eigenvalue weighted by molar-refractivity contribution is -0.970. The molecule has 0 saturated heterocycles. The highest BCUT2D eigenvalue weighted by Crippen LogP contribution is 2.16. The molecule has 0 bridgehead atoms. The fourth-order valence-electron chi connectivity index (χ4n) is 1.00. The van der Waals surface area contributed by atoms with Crippen LogP contribution in [-0.2, 0) is 19.7 Å². The van der Waals surface area contributed by atoms with Gasteiger partial charge in [-0.05, 0) is 0 Å². The molecule has 26 heavy (non-hydrogen) atoms. The van der Waals surface area contributed by atoms with Crippen molar-refractivity contribution in [1.82, 2.24) is 0 Å². The SMILES string of the molecule is O=[N+]([O-])C(COS(=O)OCC([N+](=O)[O-])([N+](=O)[O-])[N+](=O)[O-])([N+](=O)[O-])[N+](=O)[O-]. The quantitative estimate of drug-likeness (QED) is 0.184. The summed E-state index contributed by atoms with van der Waals surface area (Å²) in [5.74, 6) is -8.49. The first kappa shape index (κ1) is 22.5. The zero-order valence-corrected chi connectivity index (χ0v) is 12.4. The molecule has 0 fully saturated rings. The Morgan fingerprint density at radius 1 is 0.577 bits per heavy atom. The monoisotopic (exact) mass is 408 g/mol. The maximum absolute atomic E-state index is 11.2. The van der Waals surface area contributed by atoms with Gasteiger partial charge in [0.25, 0.3) is 13.2 Å². The van der Waals surface area contributed by atoms with Gasteiger partial charge in [-0.15, -0.1) is 0 Å². The minimum atomic E-state index is -4.24. The third-order valence-corrected chi connectivity index (χ3v) is 3.07. The van der Waals surface area contributed by atoms with Crippen LogP contribution >= 0.6 is 0 Å². The van der Waals surface area contributed by atoms with Crippen molar-refractivity contribution in [2.45, 2.75) is 11.6 Å². The minimum absolute atomic E-state index is 2.03. The highest BCUT2D eigenvalue weighted by molar-refractivity contribution is 7.75. The Balaban J connectivity index is 5.32. The van der Waals surface area contributed by atoms with E-state index in [2.05, 4.69) is 8.37 Å². The molecule has 22 heteroatoms. The largest absolute Gasteiger partial charge is 0.724 e. The standard InChI is InChI=1S/C4H4N6O15S/c11-5(12)3(6(13)14,7(15)16)1-24-26(23)25-2-4(8(17)18,9(19)20)10(21)22/h1-2H2. The molecule has 0 rings (SSSR count). The van der Waals surface area contributed by atoms with Crippen LogP contribution in [0.3, 0.4) is 0 Å². The van der Waals surface area contributed by atoms with E-state index in [1.165, 1.54) is 0 Å². The summed E-state index contributed by atoms with van der Waals surface area (Å²) in [5, 5.41) is 63.2. The molecule has 0 aromatic carbocycles. The molecule has 21 nitrogen and oxygen atoms in total. The van der Waals surface area contributed by atoms with Gasteiger partial charge in [-0.2, -0.15) is 4.21 Å². The molecule has 0 aliphatic carbocycles. The Morgan fingerprint density at radius 2 is 0.769 bits per heavy atom. The predicted molar refractivity (Wildman–Crippen MR) is 67.5 cm³/mol. The molecule has 0 heterocycles. The van der Waals surface area contributed by atoms with Crippen molar-refractivity contribution in [2.24, 2.45) is 0 Å². The second kappa shape index (κ2) is 8.03. The van der Waals surface area contributed by atoms with Gasteiger partial charge in [0.1, 0.15) is 0 Å². The molecule has 0 aliphatic heterocycles. The van der Waals surface area contributed by atoms with Gasteiger partial charge in [0.05, 0.1) is 0 Å². The molecule has 0 aromatic rings. The van der Waals surface area contributed by atoms with Crippen LogP contribution in [0.15, 0.2) is 0 Å². The van der Waals surface area contributed by atoms with Crippen molar-refractivity contribution in [2.75, 3.05) is 13.2 Å². The molecular weight excluding hydrogens is 404 g/mol. The summed E-state index contributed by atoms with van der Waals surface area (Å²) < 4.78 is 18.8. The Bertz CT molecular complexity index is 560. The van der Waals surface area contributed by atoms with E-state index in [9.17, 15) is 64.9 Å². The van der Waals surface area contributed by atoms with E-state index in [-0.39, 0.29) is 0 Å². The van der Waals surface area contributed by atoms with Crippen LogP contribution in [0.2, 0.25) is 0 Å². The van der Waals surface area contributed by atoms with Crippen LogP contribution in [0.5, 0.6) is 0 Å². The minimum Gasteiger partial charge on any atom is -0.253 e. The van der Waals surface area contributed by atoms with Crippen molar-refractivity contribution in [1.29, 1.82) is 0 Å². The molecule has 0 unspecified atom stereocenters. The highest BCUT2D eigenvalue weighted by atomic mass is 32.2. The maximum Gasteiger partial charge on any atom is 0.724 e. The Morgan fingerprint density at radius 3 is 0.923 bits per heavy atom. The summed E-state index contributed by atoms with van der Waals surface area (Å²) in [7, 11) is 0. The predicted octanol–water partition coefficient (Wildman–Crippen LogP) is -2.43. The molecule has 0 atom stereocenters. The average molecular weight is 408 g/mol. The number of nitrogens with zero attached hydrogens (tertiary/aromatic N) is 6. The normalized spacial score (nSPS) is 11.7. The van der Waals surface area contributed by atoms with E-state index in [4.69, 9.17) is 0 Å². The molecule has 0 amide bonds. The zero-order valence-electron chi connectivity index (χ0n) is 11.6. The summed E-state index contributed by atoms with van der Waals surface area (Å²) in [6.07, 6.45) is 0. The van der Waals surface area contributed by atoms with Crippen molar-refractivity contribution < 1.29 is 42.1 Å². The van der Waals surface area contributed by atoms with Crippen LogP contribution in [0, 0.1) is 60.7 Å². The van der Waals surface area contributed by atoms with E-state index in [1.807, 2.05) is 0 Å². The average Bonchev–Trinajstić information content (AvgIpc) is 2.45. The van der Waals surface area contributed by atoms with E-state index >= 15 is 0 Å². The van der Waals surface area contributed by atoms with Gasteiger partial charge in [-0.25, -0.2) is 8.37 Å². The molecular formula is C4H4N6O15S. The third kappa shape index (κ3) is 3.92. The third-order valence-electron chi connectivity index (χ3n) is 2.45. The molecule has 0 N–H and O–H groups in total. The van der Waals surface area contributed by atoms with Crippen LogP contribution in [-0.4, -0.2) is 58.5 Å². The van der Waals surface area contributed by atoms with Gasteiger partial charge in [0.15, 0.2) is 29.5 Å². The smallest absolute Gasteiger partial charge is 0.253 e. The lowest BCUT2D eigenvalue weighted by Crippen LogP contribution is -2.57. The van der Waals surface area contributed by atoms with E-state index in [0.29, 0.717) is 0 Å². The van der Waals surface area contributed by atoms with Crippen molar-refractivity contribution >= 4 is 11.4 Å². The topological polar surface area (TPSA) is 294 Å². The highest BCUT2D eigenvalue weighted by Gasteiger charge is 2.73. The van der Waals surface area contributed by atoms with Gasteiger partial charge in [0.2, 0.25) is 0 Å². The summed E-state index contributed by atoms with van der Waals surface area (Å²) in [6.45, 7) is -4.29. The first-order valence-electron chi connectivity index (χ1n) is 5.32. The first-order valence-corrected chi connectivity index (χ1v) is 6.32. The Hall–Kier alpha value is -3.53. The molecule has 0 aromatic heterocycles. The zero-order chi connectivity index (χ0) is 20.9. The van der Waals surface area contributed by atoms with Gasteiger partial charge in [-0.3, -0.25) is 60.7 Å². The second-order valence-corrected chi connectivity index (χ2v) is 4.70. The van der Waals surface area contributed by atoms with Gasteiger partial charge in [0, 0.05) is 0 Å². The molecule has 0 saturated carbocycles. The molecule has 0 radical (unpaired) electrons. The van der Waals surface area contributed by atoms with Crippen molar-refractivity contribution in [3.05, 3.63) is 60.7 Å². The van der Waals surface area contributed by atoms with Gasteiger partial charge >= 0.3 is 22.9 Å². The summed E-state index contributed by atoms with van der Waals surface area (Å²) in [6, 6.07) is 0. The lowest BCUT2D eigenvalue weighted by atomic mass is 10.4. The maximum atomic E-state index is 11.2. The summed E-state index contributed by atoms with van der Waals surface area (Å²) in [5.41, 5.74) is 0.